The van der Waals surface area contributed by atoms with Gasteiger partial charge in [-0.15, -0.1) is 0 Å². The molecular weight excluding hydrogens is 460 g/mol. The Morgan fingerprint density at radius 2 is 1.71 bits per heavy atom. The van der Waals surface area contributed by atoms with Gasteiger partial charge in [-0.05, 0) is 35.2 Å². The van der Waals surface area contributed by atoms with Crippen LogP contribution in [0.4, 0.5) is 5.69 Å². The van der Waals surface area contributed by atoms with Crippen LogP contribution in [0.3, 0.4) is 0 Å². The molecule has 9 heteroatoms. The summed E-state index contributed by atoms with van der Waals surface area (Å²) < 4.78 is 32.3. The molecule has 0 radical (unpaired) electrons. The number of anilines is 1. The van der Waals surface area contributed by atoms with E-state index in [2.05, 4.69) is 45.2 Å². The minimum Gasteiger partial charge on any atom is -0.364 e. The van der Waals surface area contributed by atoms with Crippen molar-refractivity contribution in [3.63, 3.8) is 0 Å². The smallest absolute Gasteiger partial charge is 0.262 e. The molecule has 1 aliphatic rings. The van der Waals surface area contributed by atoms with Gasteiger partial charge >= 0.3 is 0 Å². The van der Waals surface area contributed by atoms with Crippen molar-refractivity contribution in [1.82, 2.24) is 23.4 Å². The van der Waals surface area contributed by atoms with Crippen LogP contribution in [0.15, 0.2) is 78.6 Å². The van der Waals surface area contributed by atoms with Gasteiger partial charge in [0, 0.05) is 51.3 Å². The molecule has 182 valence electrons. The average molecular weight is 491 g/mol. The van der Waals surface area contributed by atoms with Crippen molar-refractivity contribution in [2.45, 2.75) is 31.0 Å². The SMILES string of the molecule is CCN(C1Cc2cc(-c3ccccc3)ccc2N(Cc2cn(C)cn2)C1)S(=O)(=O)c1cn(C)cn1. The molecule has 0 aliphatic carbocycles. The maximum Gasteiger partial charge on any atom is 0.262 e. The van der Waals surface area contributed by atoms with Crippen LogP contribution in [-0.2, 0) is 37.1 Å². The molecule has 1 atom stereocenters. The zero-order chi connectivity index (χ0) is 24.6. The molecule has 2 aromatic heterocycles. The van der Waals surface area contributed by atoms with Gasteiger partial charge in [-0.2, -0.15) is 4.31 Å². The van der Waals surface area contributed by atoms with E-state index in [1.807, 2.05) is 42.9 Å². The van der Waals surface area contributed by atoms with E-state index in [9.17, 15) is 8.42 Å². The van der Waals surface area contributed by atoms with E-state index in [0.29, 0.717) is 26.1 Å². The van der Waals surface area contributed by atoms with E-state index >= 15 is 0 Å². The van der Waals surface area contributed by atoms with Crippen molar-refractivity contribution in [1.29, 1.82) is 0 Å². The first-order valence-corrected chi connectivity index (χ1v) is 13.2. The fraction of sp³-hybridized carbons (Fsp3) is 0.308. The Morgan fingerprint density at radius 1 is 0.971 bits per heavy atom. The molecule has 0 N–H and O–H groups in total. The van der Waals surface area contributed by atoms with Gasteiger partial charge in [0.2, 0.25) is 0 Å². The lowest BCUT2D eigenvalue weighted by Crippen LogP contribution is -2.50. The summed E-state index contributed by atoms with van der Waals surface area (Å²) in [6, 6.07) is 16.5. The quantitative estimate of drug-likeness (QED) is 0.397. The molecule has 0 amide bonds. The van der Waals surface area contributed by atoms with Crippen LogP contribution in [0.5, 0.6) is 0 Å². The first-order chi connectivity index (χ1) is 16.8. The Labute approximate surface area is 206 Å². The third-order valence-electron chi connectivity index (χ3n) is 6.50. The Balaban J connectivity index is 1.54. The molecule has 5 rings (SSSR count). The highest BCUT2D eigenvalue weighted by atomic mass is 32.2. The summed E-state index contributed by atoms with van der Waals surface area (Å²) in [5.41, 5.74) is 5.47. The lowest BCUT2D eigenvalue weighted by Gasteiger charge is -2.40. The van der Waals surface area contributed by atoms with Crippen LogP contribution in [0.2, 0.25) is 0 Å². The van der Waals surface area contributed by atoms with E-state index < -0.39 is 10.0 Å². The van der Waals surface area contributed by atoms with E-state index in [-0.39, 0.29) is 11.1 Å². The summed E-state index contributed by atoms with van der Waals surface area (Å²) in [7, 11) is -0.00305. The molecule has 1 aliphatic heterocycles. The van der Waals surface area contributed by atoms with Crippen molar-refractivity contribution >= 4 is 15.7 Å². The number of fused-ring (bicyclic) bond motifs is 1. The first-order valence-electron chi connectivity index (χ1n) is 11.7. The van der Waals surface area contributed by atoms with Crippen LogP contribution in [-0.4, -0.2) is 51.0 Å². The monoisotopic (exact) mass is 490 g/mol. The molecule has 0 spiro atoms. The van der Waals surface area contributed by atoms with Gasteiger partial charge in [0.25, 0.3) is 10.0 Å². The normalized spacial score (nSPS) is 16.0. The van der Waals surface area contributed by atoms with Gasteiger partial charge < -0.3 is 14.0 Å². The van der Waals surface area contributed by atoms with Crippen LogP contribution >= 0.6 is 0 Å². The van der Waals surface area contributed by atoms with Crippen molar-refractivity contribution in [2.24, 2.45) is 14.1 Å². The van der Waals surface area contributed by atoms with Gasteiger partial charge in [-0.1, -0.05) is 43.3 Å². The number of likely N-dealkylation sites (N-methyl/N-ethyl adjacent to an activating group) is 1. The van der Waals surface area contributed by atoms with Gasteiger partial charge in [0.15, 0.2) is 5.03 Å². The molecule has 4 aromatic rings. The minimum absolute atomic E-state index is 0.0851. The average Bonchev–Trinajstić information content (AvgIpc) is 3.48. The summed E-state index contributed by atoms with van der Waals surface area (Å²) in [5.74, 6) is 0. The molecule has 8 nitrogen and oxygen atoms in total. The predicted molar refractivity (Wildman–Crippen MR) is 136 cm³/mol. The van der Waals surface area contributed by atoms with Crippen molar-refractivity contribution in [3.05, 3.63) is 84.8 Å². The maximum atomic E-state index is 13.6. The summed E-state index contributed by atoms with van der Waals surface area (Å²) in [4.78, 5) is 10.9. The molecule has 3 heterocycles. The standard InChI is InChI=1S/C26H30N6O2S/c1-4-32(35(33,34)26-17-30(3)19-28-26)24-13-22-12-21(20-8-6-5-7-9-20)10-11-25(22)31(16-24)15-23-14-29(2)18-27-23/h5-12,14,17-19,24H,4,13,15-16H2,1-3H3. The number of hydrogen-bond acceptors (Lipinski definition) is 5. The van der Waals surface area contributed by atoms with Crippen LogP contribution in [0.25, 0.3) is 11.1 Å². The highest BCUT2D eigenvalue weighted by Crippen LogP contribution is 2.35. The predicted octanol–water partition coefficient (Wildman–Crippen LogP) is 3.46. The summed E-state index contributed by atoms with van der Waals surface area (Å²) in [6.07, 6.45) is 7.52. The number of rotatable bonds is 7. The molecule has 1 unspecified atom stereocenters. The maximum absolute atomic E-state index is 13.6. The Morgan fingerprint density at radius 3 is 2.37 bits per heavy atom. The third kappa shape index (κ3) is 4.61. The minimum atomic E-state index is -3.73. The number of imidazole rings is 2. The van der Waals surface area contributed by atoms with Gasteiger partial charge in [0.05, 0.1) is 24.9 Å². The number of nitrogens with zero attached hydrogens (tertiary/aromatic N) is 6. The molecule has 0 saturated carbocycles. The molecular formula is C26H30N6O2S. The number of benzene rings is 2. The molecule has 0 fully saturated rings. The van der Waals surface area contributed by atoms with Crippen molar-refractivity contribution in [2.75, 3.05) is 18.0 Å². The van der Waals surface area contributed by atoms with E-state index in [4.69, 9.17) is 0 Å². The van der Waals surface area contributed by atoms with Crippen LogP contribution in [0.1, 0.15) is 18.2 Å². The summed E-state index contributed by atoms with van der Waals surface area (Å²) >= 11 is 0. The largest absolute Gasteiger partial charge is 0.364 e. The number of sulfonamides is 1. The fourth-order valence-corrected chi connectivity index (χ4v) is 6.49. The zero-order valence-electron chi connectivity index (χ0n) is 20.2. The van der Waals surface area contributed by atoms with Crippen LogP contribution in [0, 0.1) is 0 Å². The first kappa shape index (κ1) is 23.3. The van der Waals surface area contributed by atoms with Gasteiger partial charge in [0.1, 0.15) is 0 Å². The number of hydrogen-bond donors (Lipinski definition) is 0. The third-order valence-corrected chi connectivity index (χ3v) is 8.41. The summed E-state index contributed by atoms with van der Waals surface area (Å²) in [5, 5.41) is 0.0851. The second-order valence-electron chi connectivity index (χ2n) is 9.06. The lowest BCUT2D eigenvalue weighted by molar-refractivity contribution is 0.319. The van der Waals surface area contributed by atoms with E-state index in [1.165, 1.54) is 6.33 Å². The van der Waals surface area contributed by atoms with E-state index in [0.717, 1.165) is 28.1 Å². The Bertz CT molecular complexity index is 1430. The zero-order valence-corrected chi connectivity index (χ0v) is 21.1. The van der Waals surface area contributed by atoms with E-state index in [1.54, 1.807) is 28.4 Å². The number of aryl methyl sites for hydroxylation is 2. The van der Waals surface area contributed by atoms with Crippen molar-refractivity contribution < 1.29 is 8.42 Å². The van der Waals surface area contributed by atoms with Crippen molar-refractivity contribution in [3.8, 4) is 11.1 Å². The number of aromatic nitrogens is 4. The molecule has 0 saturated heterocycles. The Kier molecular flexibility index (Phi) is 6.21. The summed E-state index contributed by atoms with van der Waals surface area (Å²) in [6.45, 7) is 3.44. The van der Waals surface area contributed by atoms with Gasteiger partial charge in [-0.25, -0.2) is 18.4 Å². The fourth-order valence-electron chi connectivity index (χ4n) is 4.89. The topological polar surface area (TPSA) is 76.3 Å². The molecule has 0 bridgehead atoms. The van der Waals surface area contributed by atoms with Gasteiger partial charge in [-0.3, -0.25) is 0 Å². The second-order valence-corrected chi connectivity index (χ2v) is 10.9. The highest BCUT2D eigenvalue weighted by molar-refractivity contribution is 7.89. The Hall–Kier alpha value is -3.43. The lowest BCUT2D eigenvalue weighted by atomic mass is 9.93. The second kappa shape index (κ2) is 9.31. The molecule has 2 aromatic carbocycles. The highest BCUT2D eigenvalue weighted by Gasteiger charge is 2.36. The van der Waals surface area contributed by atoms with Crippen LogP contribution < -0.4 is 4.90 Å². The molecule has 35 heavy (non-hydrogen) atoms.